The molecular weight excluding hydrogens is 144 g/mol. The first kappa shape index (κ1) is 6.98. The maximum absolute atomic E-state index is 5.42. The molecule has 0 saturated carbocycles. The molecule has 0 aromatic heterocycles. The molecule has 0 bridgehead atoms. The molecule has 3 heteroatoms. The van der Waals surface area contributed by atoms with Gasteiger partial charge in [0.1, 0.15) is 25.6 Å². The van der Waals surface area contributed by atoms with Gasteiger partial charge in [0.05, 0.1) is 0 Å². The van der Waals surface area contributed by atoms with Gasteiger partial charge >= 0.3 is 0 Å². The summed E-state index contributed by atoms with van der Waals surface area (Å²) in [4.78, 5) is 0. The number of hydrogen-bond acceptors (Lipinski definition) is 3. The Bertz CT molecular complexity index is 159. The monoisotopic (exact) mass is 156 g/mol. The Morgan fingerprint density at radius 1 is 1.27 bits per heavy atom. The fraction of sp³-hybridized carbons (Fsp3) is 0.750. The van der Waals surface area contributed by atoms with Crippen molar-refractivity contribution < 1.29 is 14.2 Å². The SMILES string of the molecule is C1=C(C2CCCO2)OCCO1. The zero-order valence-corrected chi connectivity index (χ0v) is 6.41. The summed E-state index contributed by atoms with van der Waals surface area (Å²) < 4.78 is 15.9. The zero-order chi connectivity index (χ0) is 7.52. The maximum atomic E-state index is 5.42. The molecule has 62 valence electrons. The van der Waals surface area contributed by atoms with Crippen LogP contribution in [0.4, 0.5) is 0 Å². The fourth-order valence-electron chi connectivity index (χ4n) is 1.35. The van der Waals surface area contributed by atoms with Crippen molar-refractivity contribution in [2.75, 3.05) is 19.8 Å². The molecule has 0 N–H and O–H groups in total. The second-order valence-corrected chi connectivity index (χ2v) is 2.74. The number of rotatable bonds is 1. The van der Waals surface area contributed by atoms with Crippen LogP contribution in [0.5, 0.6) is 0 Å². The highest BCUT2D eigenvalue weighted by Crippen LogP contribution is 2.22. The Labute approximate surface area is 65.9 Å². The van der Waals surface area contributed by atoms with Crippen LogP contribution in [0.25, 0.3) is 0 Å². The molecule has 1 unspecified atom stereocenters. The molecule has 2 heterocycles. The third-order valence-electron chi connectivity index (χ3n) is 1.92. The molecule has 0 spiro atoms. The summed E-state index contributed by atoms with van der Waals surface area (Å²) >= 11 is 0. The quantitative estimate of drug-likeness (QED) is 0.568. The summed E-state index contributed by atoms with van der Waals surface area (Å²) in [5.74, 6) is 0.869. The molecule has 0 radical (unpaired) electrons. The van der Waals surface area contributed by atoms with Crippen molar-refractivity contribution in [1.29, 1.82) is 0 Å². The minimum absolute atomic E-state index is 0.162. The smallest absolute Gasteiger partial charge is 0.159 e. The summed E-state index contributed by atoms with van der Waals surface area (Å²) in [6.07, 6.45) is 4.04. The minimum atomic E-state index is 0.162. The van der Waals surface area contributed by atoms with Crippen LogP contribution < -0.4 is 0 Å². The Balaban J connectivity index is 1.96. The highest BCUT2D eigenvalue weighted by Gasteiger charge is 2.23. The van der Waals surface area contributed by atoms with Crippen molar-refractivity contribution in [3.63, 3.8) is 0 Å². The van der Waals surface area contributed by atoms with Gasteiger partial charge in [-0.25, -0.2) is 0 Å². The summed E-state index contributed by atoms with van der Waals surface area (Å²) in [6, 6.07) is 0. The molecule has 1 atom stereocenters. The van der Waals surface area contributed by atoms with Crippen molar-refractivity contribution in [1.82, 2.24) is 0 Å². The van der Waals surface area contributed by atoms with E-state index in [1.165, 1.54) is 0 Å². The molecule has 11 heavy (non-hydrogen) atoms. The normalized spacial score (nSPS) is 30.5. The van der Waals surface area contributed by atoms with Gasteiger partial charge in [-0.2, -0.15) is 0 Å². The van der Waals surface area contributed by atoms with Gasteiger partial charge in [-0.1, -0.05) is 0 Å². The molecule has 2 aliphatic heterocycles. The van der Waals surface area contributed by atoms with Crippen LogP contribution in [0, 0.1) is 0 Å². The van der Waals surface area contributed by atoms with Crippen molar-refractivity contribution in [2.24, 2.45) is 0 Å². The topological polar surface area (TPSA) is 27.7 Å². The van der Waals surface area contributed by atoms with E-state index in [0.717, 1.165) is 25.2 Å². The van der Waals surface area contributed by atoms with Gasteiger partial charge in [0.25, 0.3) is 0 Å². The first-order chi connectivity index (χ1) is 5.47. The van der Waals surface area contributed by atoms with Gasteiger partial charge in [-0.3, -0.25) is 0 Å². The predicted molar refractivity (Wildman–Crippen MR) is 39.0 cm³/mol. The van der Waals surface area contributed by atoms with E-state index in [2.05, 4.69) is 0 Å². The molecule has 0 amide bonds. The van der Waals surface area contributed by atoms with Gasteiger partial charge in [0, 0.05) is 6.61 Å². The van der Waals surface area contributed by atoms with Crippen LogP contribution in [-0.4, -0.2) is 25.9 Å². The second kappa shape index (κ2) is 3.13. The van der Waals surface area contributed by atoms with E-state index < -0.39 is 0 Å². The lowest BCUT2D eigenvalue weighted by Crippen LogP contribution is -2.18. The van der Waals surface area contributed by atoms with Crippen LogP contribution in [0.3, 0.4) is 0 Å². The molecule has 2 aliphatic rings. The molecule has 0 aliphatic carbocycles. The number of hydrogen-bond donors (Lipinski definition) is 0. The van der Waals surface area contributed by atoms with Gasteiger partial charge in [0.2, 0.25) is 0 Å². The third-order valence-corrected chi connectivity index (χ3v) is 1.92. The van der Waals surface area contributed by atoms with E-state index in [-0.39, 0.29) is 6.10 Å². The largest absolute Gasteiger partial charge is 0.494 e. The lowest BCUT2D eigenvalue weighted by Gasteiger charge is -2.19. The molecule has 0 aromatic carbocycles. The third kappa shape index (κ3) is 1.48. The van der Waals surface area contributed by atoms with Gasteiger partial charge < -0.3 is 14.2 Å². The minimum Gasteiger partial charge on any atom is -0.494 e. The van der Waals surface area contributed by atoms with Crippen LogP contribution in [-0.2, 0) is 14.2 Å². The molecule has 2 rings (SSSR count). The van der Waals surface area contributed by atoms with Crippen LogP contribution >= 0.6 is 0 Å². The van der Waals surface area contributed by atoms with E-state index in [9.17, 15) is 0 Å². The standard InChI is InChI=1S/C8H12O3/c1-2-7(10-3-1)8-6-9-4-5-11-8/h6-7H,1-5H2. The van der Waals surface area contributed by atoms with E-state index in [1.807, 2.05) is 0 Å². The van der Waals surface area contributed by atoms with E-state index in [1.54, 1.807) is 6.26 Å². The molecular formula is C8H12O3. The van der Waals surface area contributed by atoms with Crippen molar-refractivity contribution >= 4 is 0 Å². The number of ether oxygens (including phenoxy) is 3. The Morgan fingerprint density at radius 2 is 2.27 bits per heavy atom. The van der Waals surface area contributed by atoms with E-state index in [0.29, 0.717) is 13.2 Å². The lowest BCUT2D eigenvalue weighted by molar-refractivity contribution is 0.0228. The molecule has 0 aromatic rings. The zero-order valence-electron chi connectivity index (χ0n) is 6.41. The lowest BCUT2D eigenvalue weighted by atomic mass is 10.2. The van der Waals surface area contributed by atoms with Crippen LogP contribution in [0.15, 0.2) is 12.0 Å². The van der Waals surface area contributed by atoms with Gasteiger partial charge in [0.15, 0.2) is 5.76 Å². The summed E-state index contributed by atoms with van der Waals surface area (Å²) in [5, 5.41) is 0. The highest BCUT2D eigenvalue weighted by molar-refractivity contribution is 4.99. The van der Waals surface area contributed by atoms with E-state index in [4.69, 9.17) is 14.2 Å². The average molecular weight is 156 g/mol. The van der Waals surface area contributed by atoms with Crippen molar-refractivity contribution in [2.45, 2.75) is 18.9 Å². The van der Waals surface area contributed by atoms with Gasteiger partial charge in [-0.05, 0) is 12.8 Å². The van der Waals surface area contributed by atoms with Crippen molar-refractivity contribution in [3.8, 4) is 0 Å². The van der Waals surface area contributed by atoms with E-state index >= 15 is 0 Å². The maximum Gasteiger partial charge on any atom is 0.159 e. The molecule has 1 fully saturated rings. The molecule has 3 nitrogen and oxygen atoms in total. The fourth-order valence-corrected chi connectivity index (χ4v) is 1.35. The Morgan fingerprint density at radius 3 is 2.91 bits per heavy atom. The van der Waals surface area contributed by atoms with Crippen LogP contribution in [0.2, 0.25) is 0 Å². The Kier molecular flexibility index (Phi) is 1.99. The Hall–Kier alpha value is -0.700. The first-order valence-corrected chi connectivity index (χ1v) is 4.03. The van der Waals surface area contributed by atoms with Crippen LogP contribution in [0.1, 0.15) is 12.8 Å². The summed E-state index contributed by atoms with van der Waals surface area (Å²) in [6.45, 7) is 2.17. The summed E-state index contributed by atoms with van der Waals surface area (Å²) in [5.41, 5.74) is 0. The highest BCUT2D eigenvalue weighted by atomic mass is 16.6. The summed E-state index contributed by atoms with van der Waals surface area (Å²) in [7, 11) is 0. The second-order valence-electron chi connectivity index (χ2n) is 2.74. The first-order valence-electron chi connectivity index (χ1n) is 4.03. The average Bonchev–Trinajstić information content (AvgIpc) is 2.58. The predicted octanol–water partition coefficient (Wildman–Crippen LogP) is 1.05. The van der Waals surface area contributed by atoms with Gasteiger partial charge in [-0.15, -0.1) is 0 Å². The van der Waals surface area contributed by atoms with Crippen molar-refractivity contribution in [3.05, 3.63) is 12.0 Å². The molecule has 1 saturated heterocycles.